The number of aromatic nitrogens is 3. The molecule has 0 spiro atoms. The molecule has 0 saturated heterocycles. The Morgan fingerprint density at radius 2 is 2.00 bits per heavy atom. The van der Waals surface area contributed by atoms with Crippen LogP contribution in [0, 0.1) is 13.8 Å². The summed E-state index contributed by atoms with van der Waals surface area (Å²) in [5.41, 5.74) is 3.16. The van der Waals surface area contributed by atoms with Crippen molar-refractivity contribution in [2.75, 3.05) is 11.1 Å². The van der Waals surface area contributed by atoms with Crippen LogP contribution in [0.2, 0.25) is 5.02 Å². The van der Waals surface area contributed by atoms with Crippen molar-refractivity contribution in [1.82, 2.24) is 14.8 Å². The zero-order valence-corrected chi connectivity index (χ0v) is 18.5. The molecule has 3 aromatic rings. The highest BCUT2D eigenvalue weighted by atomic mass is 35.5. The molecule has 30 heavy (non-hydrogen) atoms. The Hall–Kier alpha value is -2.51. The van der Waals surface area contributed by atoms with Crippen molar-refractivity contribution < 1.29 is 9.53 Å². The van der Waals surface area contributed by atoms with Gasteiger partial charge < -0.3 is 10.1 Å². The first kappa shape index (κ1) is 20.8. The second kappa shape index (κ2) is 9.10. The van der Waals surface area contributed by atoms with E-state index < -0.39 is 0 Å². The third-order valence-electron chi connectivity index (χ3n) is 4.96. The lowest BCUT2D eigenvalue weighted by Gasteiger charge is -2.11. The Labute approximate surface area is 185 Å². The molecule has 0 radical (unpaired) electrons. The van der Waals surface area contributed by atoms with Crippen molar-refractivity contribution in [2.24, 2.45) is 0 Å². The maximum absolute atomic E-state index is 12.4. The zero-order chi connectivity index (χ0) is 21.1. The third-order valence-corrected chi connectivity index (χ3v) is 6.22. The Bertz CT molecular complexity index is 1070. The number of hydrogen-bond donors (Lipinski definition) is 1. The van der Waals surface area contributed by atoms with Crippen molar-refractivity contribution in [3.63, 3.8) is 0 Å². The molecule has 6 nitrogen and oxygen atoms in total. The number of nitrogens with one attached hydrogen (secondary N) is 1. The van der Waals surface area contributed by atoms with Gasteiger partial charge in [-0.25, -0.2) is 0 Å². The second-order valence-corrected chi connectivity index (χ2v) is 8.70. The minimum atomic E-state index is -0.0672. The molecule has 1 fully saturated rings. The summed E-state index contributed by atoms with van der Waals surface area (Å²) in [6.45, 7) is 4.36. The number of hydrogen-bond acceptors (Lipinski definition) is 5. The van der Waals surface area contributed by atoms with Crippen LogP contribution in [0.3, 0.4) is 0 Å². The van der Waals surface area contributed by atoms with Crippen LogP contribution in [0.4, 0.5) is 5.69 Å². The number of halogens is 1. The summed E-state index contributed by atoms with van der Waals surface area (Å²) < 4.78 is 7.92. The summed E-state index contributed by atoms with van der Waals surface area (Å²) in [5.74, 6) is 1.56. The normalized spacial score (nSPS) is 13.3. The van der Waals surface area contributed by atoms with E-state index in [0.717, 1.165) is 35.1 Å². The van der Waals surface area contributed by atoms with Gasteiger partial charge in [0.15, 0.2) is 11.0 Å². The van der Waals surface area contributed by atoms with Gasteiger partial charge in [-0.15, -0.1) is 10.2 Å². The lowest BCUT2D eigenvalue weighted by Crippen LogP contribution is -2.15. The average molecular weight is 443 g/mol. The monoisotopic (exact) mass is 442 g/mol. The van der Waals surface area contributed by atoms with E-state index in [-0.39, 0.29) is 18.3 Å². The lowest BCUT2D eigenvalue weighted by molar-refractivity contribution is -0.113. The van der Waals surface area contributed by atoms with E-state index in [1.807, 2.05) is 43.3 Å². The Morgan fingerprint density at radius 3 is 2.73 bits per heavy atom. The number of para-hydroxylation sites is 1. The molecule has 1 heterocycles. The molecule has 0 atom stereocenters. The Kier molecular flexibility index (Phi) is 6.29. The fourth-order valence-corrected chi connectivity index (χ4v) is 4.07. The van der Waals surface area contributed by atoms with E-state index in [9.17, 15) is 4.79 Å². The average Bonchev–Trinajstić information content (AvgIpc) is 3.48. The summed E-state index contributed by atoms with van der Waals surface area (Å²) in [5, 5.41) is 12.8. The van der Waals surface area contributed by atoms with Gasteiger partial charge in [0, 0.05) is 11.7 Å². The van der Waals surface area contributed by atoms with E-state index in [0.29, 0.717) is 16.8 Å². The number of rotatable bonds is 8. The lowest BCUT2D eigenvalue weighted by atomic mass is 10.1. The van der Waals surface area contributed by atoms with Crippen LogP contribution in [0.25, 0.3) is 0 Å². The molecule has 0 aliphatic heterocycles. The van der Waals surface area contributed by atoms with Gasteiger partial charge in [0.1, 0.15) is 12.4 Å². The summed E-state index contributed by atoms with van der Waals surface area (Å²) >= 11 is 7.55. The van der Waals surface area contributed by atoms with Crippen LogP contribution in [0.5, 0.6) is 5.75 Å². The van der Waals surface area contributed by atoms with E-state index >= 15 is 0 Å². The number of carbonyl (C=O) groups excluding carboxylic acids is 1. The molecule has 1 N–H and O–H groups in total. The molecule has 1 amide bonds. The van der Waals surface area contributed by atoms with Crippen LogP contribution in [-0.4, -0.2) is 26.4 Å². The second-order valence-electron chi connectivity index (χ2n) is 7.35. The molecule has 156 valence electrons. The molecule has 1 saturated carbocycles. The minimum Gasteiger partial charge on any atom is -0.484 e. The standard InChI is InChI=1S/C22H23ClN4O2S/c1-14-7-8-16(11-15(14)2)24-21(28)13-30-22-26-25-20(27(22)17-9-10-17)12-29-19-6-4-3-5-18(19)23/h3-8,11,17H,9-10,12-13H2,1-2H3,(H,24,28). The van der Waals surface area contributed by atoms with Crippen molar-refractivity contribution in [3.8, 4) is 5.75 Å². The zero-order valence-electron chi connectivity index (χ0n) is 16.9. The van der Waals surface area contributed by atoms with Gasteiger partial charge in [0.25, 0.3) is 0 Å². The summed E-state index contributed by atoms with van der Waals surface area (Å²) in [4.78, 5) is 12.4. The first-order chi connectivity index (χ1) is 14.5. The number of thioether (sulfide) groups is 1. The fraction of sp³-hybridized carbons (Fsp3) is 0.318. The Balaban J connectivity index is 1.39. The third kappa shape index (κ3) is 4.96. The molecule has 2 aromatic carbocycles. The van der Waals surface area contributed by atoms with Crippen LogP contribution < -0.4 is 10.1 Å². The SMILES string of the molecule is Cc1ccc(NC(=O)CSc2nnc(COc3ccccc3Cl)n2C2CC2)cc1C. The van der Waals surface area contributed by atoms with Gasteiger partial charge >= 0.3 is 0 Å². The van der Waals surface area contributed by atoms with Crippen molar-refractivity contribution in [3.05, 3.63) is 64.4 Å². The molecular weight excluding hydrogens is 420 g/mol. The minimum absolute atomic E-state index is 0.0672. The molecule has 4 rings (SSSR count). The molecule has 0 bridgehead atoms. The summed E-state index contributed by atoms with van der Waals surface area (Å²) in [7, 11) is 0. The van der Waals surface area contributed by atoms with Crippen LogP contribution >= 0.6 is 23.4 Å². The van der Waals surface area contributed by atoms with Gasteiger partial charge in [-0.2, -0.15) is 0 Å². The highest BCUT2D eigenvalue weighted by Crippen LogP contribution is 2.39. The van der Waals surface area contributed by atoms with E-state index in [2.05, 4.69) is 27.0 Å². The first-order valence-electron chi connectivity index (χ1n) is 9.82. The van der Waals surface area contributed by atoms with Crippen molar-refractivity contribution in [2.45, 2.75) is 44.5 Å². The predicted molar refractivity (Wildman–Crippen MR) is 119 cm³/mol. The first-order valence-corrected chi connectivity index (χ1v) is 11.2. The molecule has 1 aliphatic rings. The maximum Gasteiger partial charge on any atom is 0.234 e. The number of nitrogens with zero attached hydrogens (tertiary/aromatic N) is 3. The number of ether oxygens (including phenoxy) is 1. The molecule has 8 heteroatoms. The van der Waals surface area contributed by atoms with Gasteiger partial charge in [-0.1, -0.05) is 41.6 Å². The van der Waals surface area contributed by atoms with Crippen LogP contribution in [0.15, 0.2) is 47.6 Å². The van der Waals surface area contributed by atoms with Crippen LogP contribution in [0.1, 0.15) is 35.8 Å². The smallest absolute Gasteiger partial charge is 0.234 e. The quantitative estimate of drug-likeness (QED) is 0.486. The summed E-state index contributed by atoms with van der Waals surface area (Å²) in [6.07, 6.45) is 2.17. The summed E-state index contributed by atoms with van der Waals surface area (Å²) in [6, 6.07) is 13.6. The number of anilines is 1. The highest BCUT2D eigenvalue weighted by Gasteiger charge is 2.30. The van der Waals surface area contributed by atoms with E-state index in [1.54, 1.807) is 6.07 Å². The largest absolute Gasteiger partial charge is 0.484 e. The molecular formula is C22H23ClN4O2S. The van der Waals surface area contributed by atoms with Crippen molar-refractivity contribution in [1.29, 1.82) is 0 Å². The number of aryl methyl sites for hydroxylation is 2. The number of carbonyl (C=O) groups is 1. The molecule has 1 aromatic heterocycles. The fourth-order valence-electron chi connectivity index (χ4n) is 3.05. The highest BCUT2D eigenvalue weighted by molar-refractivity contribution is 7.99. The molecule has 1 aliphatic carbocycles. The van der Waals surface area contributed by atoms with Crippen molar-refractivity contribution >= 4 is 35.0 Å². The van der Waals surface area contributed by atoms with E-state index in [4.69, 9.17) is 16.3 Å². The van der Waals surface area contributed by atoms with Gasteiger partial charge in [-0.05, 0) is 62.1 Å². The number of amides is 1. The van der Waals surface area contributed by atoms with Crippen LogP contribution in [-0.2, 0) is 11.4 Å². The Morgan fingerprint density at radius 1 is 1.20 bits per heavy atom. The molecule has 0 unspecified atom stereocenters. The van der Waals surface area contributed by atoms with Gasteiger partial charge in [0.05, 0.1) is 10.8 Å². The van der Waals surface area contributed by atoms with Gasteiger partial charge in [0.2, 0.25) is 5.91 Å². The van der Waals surface area contributed by atoms with E-state index in [1.165, 1.54) is 17.3 Å². The predicted octanol–water partition coefficient (Wildman–Crippen LogP) is 5.19. The van der Waals surface area contributed by atoms with Gasteiger partial charge in [-0.3, -0.25) is 9.36 Å². The maximum atomic E-state index is 12.4. The topological polar surface area (TPSA) is 69.0 Å². The number of benzene rings is 2.